The summed E-state index contributed by atoms with van der Waals surface area (Å²) in [5.74, 6) is 6.67. The Morgan fingerprint density at radius 3 is 2.94 bits per heavy atom. The van der Waals surface area contributed by atoms with Gasteiger partial charge in [0, 0.05) is 12.7 Å². The van der Waals surface area contributed by atoms with E-state index in [0.717, 1.165) is 6.54 Å². The van der Waals surface area contributed by atoms with Gasteiger partial charge in [-0.2, -0.15) is 0 Å². The summed E-state index contributed by atoms with van der Waals surface area (Å²) >= 11 is 0. The van der Waals surface area contributed by atoms with Crippen molar-refractivity contribution in [3.05, 3.63) is 18.3 Å². The maximum atomic E-state index is 5.68. The summed E-state index contributed by atoms with van der Waals surface area (Å²) in [4.78, 5) is 6.53. The third-order valence-electron chi connectivity index (χ3n) is 3.02. The van der Waals surface area contributed by atoms with Crippen LogP contribution in [0.4, 0.5) is 5.82 Å². The first kappa shape index (κ1) is 12.1. The van der Waals surface area contributed by atoms with Gasteiger partial charge in [0.25, 0.3) is 0 Å². The second-order valence-corrected chi connectivity index (χ2v) is 4.25. The van der Waals surface area contributed by atoms with Gasteiger partial charge >= 0.3 is 0 Å². The monoisotopic (exact) mass is 236 g/mol. The first-order chi connectivity index (χ1) is 8.40. The summed E-state index contributed by atoms with van der Waals surface area (Å²) in [5.41, 5.74) is 2.53. The van der Waals surface area contributed by atoms with E-state index >= 15 is 0 Å². The van der Waals surface area contributed by atoms with Crippen LogP contribution < -0.4 is 16.0 Å². The fourth-order valence-corrected chi connectivity index (χ4v) is 2.08. The van der Waals surface area contributed by atoms with Crippen molar-refractivity contribution >= 4 is 5.82 Å². The molecule has 0 bridgehead atoms. The number of ether oxygens (including phenoxy) is 1. The van der Waals surface area contributed by atoms with E-state index in [2.05, 4.69) is 15.3 Å². The number of rotatable bonds is 5. The molecule has 5 heteroatoms. The van der Waals surface area contributed by atoms with Crippen LogP contribution in [0.15, 0.2) is 18.3 Å². The second kappa shape index (κ2) is 6.42. The summed E-state index contributed by atoms with van der Waals surface area (Å²) in [6, 6.07) is 3.72. The first-order valence-corrected chi connectivity index (χ1v) is 6.17. The van der Waals surface area contributed by atoms with Gasteiger partial charge in [-0.3, -0.25) is 4.90 Å². The number of hydrogen-bond acceptors (Lipinski definition) is 5. The van der Waals surface area contributed by atoms with Crippen molar-refractivity contribution in [1.82, 2.24) is 9.88 Å². The predicted octanol–water partition coefficient (Wildman–Crippen LogP) is 1.23. The minimum absolute atomic E-state index is 0.589. The number of hydrazine groups is 1. The second-order valence-electron chi connectivity index (χ2n) is 4.25. The van der Waals surface area contributed by atoms with Crippen LogP contribution in [0.25, 0.3) is 0 Å². The number of likely N-dealkylation sites (tertiary alicyclic amines) is 1. The van der Waals surface area contributed by atoms with Gasteiger partial charge in [-0.25, -0.2) is 10.8 Å². The molecule has 2 rings (SSSR count). The van der Waals surface area contributed by atoms with Gasteiger partial charge in [0.1, 0.15) is 6.61 Å². The van der Waals surface area contributed by atoms with Crippen molar-refractivity contribution in [2.75, 3.05) is 31.7 Å². The largest absolute Gasteiger partial charge is 0.488 e. The number of hydrogen-bond donors (Lipinski definition) is 2. The summed E-state index contributed by atoms with van der Waals surface area (Å²) in [5, 5.41) is 0. The average Bonchev–Trinajstić information content (AvgIpc) is 2.40. The molecule has 1 aliphatic rings. The van der Waals surface area contributed by atoms with Gasteiger partial charge in [-0.15, -0.1) is 0 Å². The Balaban J connectivity index is 1.77. The molecule has 1 saturated heterocycles. The molecule has 0 spiro atoms. The van der Waals surface area contributed by atoms with Gasteiger partial charge in [0.05, 0.1) is 0 Å². The summed E-state index contributed by atoms with van der Waals surface area (Å²) < 4.78 is 5.68. The van der Waals surface area contributed by atoms with Gasteiger partial charge < -0.3 is 10.2 Å². The quantitative estimate of drug-likeness (QED) is 0.595. The summed E-state index contributed by atoms with van der Waals surface area (Å²) in [6.07, 6.45) is 5.67. The molecule has 0 radical (unpaired) electrons. The van der Waals surface area contributed by atoms with Gasteiger partial charge in [-0.05, 0) is 38.1 Å². The molecular formula is C12H20N4O. The number of nitrogens with two attached hydrogens (primary N) is 1. The number of anilines is 1. The maximum absolute atomic E-state index is 5.68. The lowest BCUT2D eigenvalue weighted by Gasteiger charge is -2.26. The molecule has 0 aliphatic carbocycles. The van der Waals surface area contributed by atoms with Crippen molar-refractivity contribution < 1.29 is 4.74 Å². The Labute approximate surface area is 102 Å². The molecule has 1 aromatic heterocycles. The number of aromatic nitrogens is 1. The minimum Gasteiger partial charge on any atom is -0.488 e. The van der Waals surface area contributed by atoms with Gasteiger partial charge in [-0.1, -0.05) is 6.42 Å². The van der Waals surface area contributed by atoms with Crippen molar-refractivity contribution in [2.24, 2.45) is 5.84 Å². The van der Waals surface area contributed by atoms with Crippen LogP contribution in [0, 0.1) is 0 Å². The zero-order valence-electron chi connectivity index (χ0n) is 10.1. The number of piperidine rings is 1. The molecule has 94 valence electrons. The van der Waals surface area contributed by atoms with Crippen molar-refractivity contribution in [1.29, 1.82) is 0 Å². The molecule has 3 N–H and O–H groups in total. The van der Waals surface area contributed by atoms with E-state index in [1.165, 1.54) is 32.4 Å². The molecule has 0 saturated carbocycles. The highest BCUT2D eigenvalue weighted by molar-refractivity contribution is 5.48. The lowest BCUT2D eigenvalue weighted by Crippen LogP contribution is -2.33. The Bertz CT molecular complexity index is 339. The van der Waals surface area contributed by atoms with Crippen LogP contribution >= 0.6 is 0 Å². The van der Waals surface area contributed by atoms with Crippen molar-refractivity contribution in [3.63, 3.8) is 0 Å². The fraction of sp³-hybridized carbons (Fsp3) is 0.583. The van der Waals surface area contributed by atoms with Crippen LogP contribution in [0.2, 0.25) is 0 Å². The van der Waals surface area contributed by atoms with Crippen LogP contribution in [0.3, 0.4) is 0 Å². The lowest BCUT2D eigenvalue weighted by atomic mass is 10.1. The molecule has 0 unspecified atom stereocenters. The van der Waals surface area contributed by atoms with Crippen LogP contribution in [-0.2, 0) is 0 Å². The Kier molecular flexibility index (Phi) is 4.58. The molecule has 1 aliphatic heterocycles. The van der Waals surface area contributed by atoms with E-state index in [1.807, 2.05) is 12.1 Å². The Hall–Kier alpha value is -1.33. The van der Waals surface area contributed by atoms with Crippen molar-refractivity contribution in [3.8, 4) is 5.75 Å². The molecule has 0 amide bonds. The SMILES string of the molecule is NNc1ncccc1OCCN1CCCCC1. The predicted molar refractivity (Wildman–Crippen MR) is 67.8 cm³/mol. The number of nitrogens with zero attached hydrogens (tertiary/aromatic N) is 2. The van der Waals surface area contributed by atoms with E-state index in [4.69, 9.17) is 10.6 Å². The number of nitrogen functional groups attached to an aromatic ring is 1. The standard InChI is InChI=1S/C12H20N4O/c13-15-12-11(5-4-6-14-12)17-10-9-16-7-2-1-3-8-16/h4-6H,1-3,7-10,13H2,(H,14,15). The van der Waals surface area contributed by atoms with Gasteiger partial charge in [0.2, 0.25) is 0 Å². The Morgan fingerprint density at radius 2 is 2.18 bits per heavy atom. The van der Waals surface area contributed by atoms with Crippen LogP contribution in [0.1, 0.15) is 19.3 Å². The zero-order chi connectivity index (χ0) is 11.9. The third-order valence-corrected chi connectivity index (χ3v) is 3.02. The topological polar surface area (TPSA) is 63.4 Å². The number of nitrogens with one attached hydrogen (secondary N) is 1. The Morgan fingerprint density at radius 1 is 1.35 bits per heavy atom. The molecule has 1 aromatic rings. The highest BCUT2D eigenvalue weighted by Gasteiger charge is 2.10. The third kappa shape index (κ3) is 3.57. The lowest BCUT2D eigenvalue weighted by molar-refractivity contribution is 0.183. The average molecular weight is 236 g/mol. The first-order valence-electron chi connectivity index (χ1n) is 6.17. The summed E-state index contributed by atoms with van der Waals surface area (Å²) in [6.45, 7) is 4.04. The molecule has 1 fully saturated rings. The van der Waals surface area contributed by atoms with E-state index < -0.39 is 0 Å². The maximum Gasteiger partial charge on any atom is 0.182 e. The number of pyridine rings is 1. The van der Waals surface area contributed by atoms with E-state index in [-0.39, 0.29) is 0 Å². The fourth-order valence-electron chi connectivity index (χ4n) is 2.08. The molecule has 0 aromatic carbocycles. The summed E-state index contributed by atoms with van der Waals surface area (Å²) in [7, 11) is 0. The van der Waals surface area contributed by atoms with Crippen molar-refractivity contribution in [2.45, 2.75) is 19.3 Å². The van der Waals surface area contributed by atoms with E-state index in [1.54, 1.807) is 6.20 Å². The van der Waals surface area contributed by atoms with E-state index in [9.17, 15) is 0 Å². The molecule has 2 heterocycles. The highest BCUT2D eigenvalue weighted by Crippen LogP contribution is 2.19. The molecule has 5 nitrogen and oxygen atoms in total. The zero-order valence-corrected chi connectivity index (χ0v) is 10.1. The molecule has 0 atom stereocenters. The van der Waals surface area contributed by atoms with Crippen LogP contribution in [0.5, 0.6) is 5.75 Å². The van der Waals surface area contributed by atoms with Gasteiger partial charge in [0.15, 0.2) is 11.6 Å². The normalized spacial score (nSPS) is 16.8. The molecule has 17 heavy (non-hydrogen) atoms. The molecular weight excluding hydrogens is 216 g/mol. The van der Waals surface area contributed by atoms with E-state index in [0.29, 0.717) is 18.2 Å². The minimum atomic E-state index is 0.589. The van der Waals surface area contributed by atoms with Crippen LogP contribution in [-0.4, -0.2) is 36.1 Å². The smallest absolute Gasteiger partial charge is 0.182 e. The highest BCUT2D eigenvalue weighted by atomic mass is 16.5.